The Labute approximate surface area is 217 Å². The summed E-state index contributed by atoms with van der Waals surface area (Å²) in [5.41, 5.74) is 3.01. The molecule has 0 aromatic heterocycles. The zero-order chi connectivity index (χ0) is 26.1. The van der Waals surface area contributed by atoms with Crippen molar-refractivity contribution in [1.82, 2.24) is 0 Å². The number of aromatic hydroxyl groups is 1. The molecule has 2 N–H and O–H groups in total. The first-order chi connectivity index (χ1) is 16.7. The first-order valence-electron chi connectivity index (χ1n) is 14.8. The Hall–Kier alpha value is -1.51. The molecule has 0 amide bonds. The topological polar surface area (TPSA) is 57.5 Å². The molecule has 35 heavy (non-hydrogen) atoms. The van der Waals surface area contributed by atoms with Crippen molar-refractivity contribution in [2.24, 2.45) is 17.8 Å². The number of hydrogen-bond donors (Lipinski definition) is 2. The van der Waals surface area contributed by atoms with Gasteiger partial charge in [-0.1, -0.05) is 130 Å². The minimum atomic E-state index is -0.687. The minimum Gasteiger partial charge on any atom is -0.507 e. The molecule has 1 aromatic carbocycles. The van der Waals surface area contributed by atoms with Gasteiger partial charge in [-0.15, -0.1) is 0 Å². The molecule has 0 bridgehead atoms. The summed E-state index contributed by atoms with van der Waals surface area (Å²) < 4.78 is 0. The van der Waals surface area contributed by atoms with Gasteiger partial charge < -0.3 is 10.2 Å². The number of aliphatic carboxylic acids is 1. The van der Waals surface area contributed by atoms with Crippen LogP contribution in [0.5, 0.6) is 5.75 Å². The summed E-state index contributed by atoms with van der Waals surface area (Å²) in [6, 6.07) is 4.11. The van der Waals surface area contributed by atoms with E-state index in [0.717, 1.165) is 48.8 Å². The van der Waals surface area contributed by atoms with Crippen molar-refractivity contribution < 1.29 is 15.0 Å². The average Bonchev–Trinajstić information content (AvgIpc) is 2.78. The standard InChI is InChI=1S/C32H56O3/c1-6-7-8-9-10-11-12-13-14-15-16-17-18-19-28(32(34)35)22-27-23-29(20-25(2)3)31(33)30(24-27)21-26(4)5/h23-26,28,33H,6-22H2,1-5H3,(H,34,35). The van der Waals surface area contributed by atoms with Crippen molar-refractivity contribution in [1.29, 1.82) is 0 Å². The van der Waals surface area contributed by atoms with E-state index in [1.54, 1.807) is 0 Å². The lowest BCUT2D eigenvalue weighted by molar-refractivity contribution is -0.142. The fourth-order valence-corrected chi connectivity index (χ4v) is 5.15. The second-order valence-electron chi connectivity index (χ2n) is 11.7. The van der Waals surface area contributed by atoms with Crippen molar-refractivity contribution in [2.75, 3.05) is 0 Å². The van der Waals surface area contributed by atoms with Crippen molar-refractivity contribution in [3.05, 3.63) is 28.8 Å². The third kappa shape index (κ3) is 14.6. The highest BCUT2D eigenvalue weighted by Crippen LogP contribution is 2.30. The maximum atomic E-state index is 12.0. The van der Waals surface area contributed by atoms with Gasteiger partial charge in [-0.05, 0) is 54.2 Å². The first kappa shape index (κ1) is 31.5. The van der Waals surface area contributed by atoms with E-state index in [-0.39, 0.29) is 5.92 Å². The third-order valence-corrected chi connectivity index (χ3v) is 7.07. The van der Waals surface area contributed by atoms with Crippen molar-refractivity contribution in [3.63, 3.8) is 0 Å². The maximum Gasteiger partial charge on any atom is 0.306 e. The largest absolute Gasteiger partial charge is 0.507 e. The van der Waals surface area contributed by atoms with Crippen molar-refractivity contribution >= 4 is 5.97 Å². The fourth-order valence-electron chi connectivity index (χ4n) is 5.15. The van der Waals surface area contributed by atoms with Crippen LogP contribution in [0.25, 0.3) is 0 Å². The molecular weight excluding hydrogens is 432 g/mol. The van der Waals surface area contributed by atoms with Crippen molar-refractivity contribution in [3.8, 4) is 5.75 Å². The number of benzene rings is 1. The summed E-state index contributed by atoms with van der Waals surface area (Å²) in [5.74, 6) is 0.284. The monoisotopic (exact) mass is 488 g/mol. The Morgan fingerprint density at radius 2 is 1.09 bits per heavy atom. The Morgan fingerprint density at radius 1 is 0.686 bits per heavy atom. The van der Waals surface area contributed by atoms with Crippen LogP contribution in [0.3, 0.4) is 0 Å². The van der Waals surface area contributed by atoms with Gasteiger partial charge in [-0.25, -0.2) is 0 Å². The minimum absolute atomic E-state index is 0.342. The molecule has 1 unspecified atom stereocenters. The van der Waals surface area contributed by atoms with Gasteiger partial charge in [0.2, 0.25) is 0 Å². The van der Waals surface area contributed by atoms with Gasteiger partial charge in [0, 0.05) is 0 Å². The maximum absolute atomic E-state index is 12.0. The van der Waals surface area contributed by atoms with Gasteiger partial charge >= 0.3 is 5.97 Å². The average molecular weight is 489 g/mol. The summed E-state index contributed by atoms with van der Waals surface area (Å²) >= 11 is 0. The molecule has 1 rings (SSSR count). The van der Waals surface area contributed by atoms with E-state index >= 15 is 0 Å². The molecule has 3 nitrogen and oxygen atoms in total. The van der Waals surface area contributed by atoms with Crippen LogP contribution in [-0.4, -0.2) is 16.2 Å². The van der Waals surface area contributed by atoms with E-state index in [1.807, 2.05) is 0 Å². The highest BCUT2D eigenvalue weighted by Gasteiger charge is 2.20. The molecular formula is C32H56O3. The molecule has 0 heterocycles. The Balaban J connectivity index is 2.44. The number of carboxylic acid groups (broad SMARTS) is 1. The van der Waals surface area contributed by atoms with E-state index in [9.17, 15) is 15.0 Å². The predicted molar refractivity (Wildman–Crippen MR) is 150 cm³/mol. The predicted octanol–water partition coefficient (Wildman–Crippen LogP) is 9.51. The van der Waals surface area contributed by atoms with Gasteiger partial charge in [-0.3, -0.25) is 4.79 Å². The number of phenols is 1. The molecule has 0 aliphatic carbocycles. The van der Waals surface area contributed by atoms with E-state index in [0.29, 0.717) is 24.0 Å². The quantitative estimate of drug-likeness (QED) is 0.169. The van der Waals surface area contributed by atoms with Crippen LogP contribution in [0, 0.1) is 17.8 Å². The molecule has 1 atom stereocenters. The highest BCUT2D eigenvalue weighted by molar-refractivity contribution is 5.70. The smallest absolute Gasteiger partial charge is 0.306 e. The number of unbranched alkanes of at least 4 members (excludes halogenated alkanes) is 12. The number of carbonyl (C=O) groups is 1. The molecule has 0 fully saturated rings. The van der Waals surface area contributed by atoms with Crippen LogP contribution >= 0.6 is 0 Å². The van der Waals surface area contributed by atoms with Crippen LogP contribution in [0.2, 0.25) is 0 Å². The number of carboxylic acids is 1. The molecule has 1 aromatic rings. The van der Waals surface area contributed by atoms with E-state index in [2.05, 4.69) is 46.8 Å². The molecule has 3 heteroatoms. The number of phenolic OH excluding ortho intramolecular Hbond substituents is 1. The summed E-state index contributed by atoms with van der Waals surface area (Å²) in [4.78, 5) is 12.0. The summed E-state index contributed by atoms with van der Waals surface area (Å²) in [5, 5.41) is 20.6. The number of rotatable bonds is 21. The highest BCUT2D eigenvalue weighted by atomic mass is 16.4. The van der Waals surface area contributed by atoms with Gasteiger partial charge in [0.1, 0.15) is 5.75 Å². The van der Waals surface area contributed by atoms with Crippen LogP contribution in [0.1, 0.15) is 141 Å². The zero-order valence-corrected chi connectivity index (χ0v) is 23.7. The van der Waals surface area contributed by atoms with Crippen molar-refractivity contribution in [2.45, 2.75) is 144 Å². The lowest BCUT2D eigenvalue weighted by atomic mass is 9.88. The van der Waals surface area contributed by atoms with E-state index in [4.69, 9.17) is 0 Å². The fraction of sp³-hybridized carbons (Fsp3) is 0.781. The summed E-state index contributed by atoms with van der Waals surface area (Å²) in [6.07, 6.45) is 19.9. The molecule has 202 valence electrons. The van der Waals surface area contributed by atoms with Gasteiger partial charge in [0.25, 0.3) is 0 Å². The number of hydrogen-bond acceptors (Lipinski definition) is 2. The Bertz CT molecular complexity index is 661. The SMILES string of the molecule is CCCCCCCCCCCCCCCC(Cc1cc(CC(C)C)c(O)c(CC(C)C)c1)C(=O)O. The summed E-state index contributed by atoms with van der Waals surface area (Å²) in [7, 11) is 0. The van der Waals surface area contributed by atoms with Gasteiger partial charge in [-0.2, -0.15) is 0 Å². The molecule has 0 spiro atoms. The van der Waals surface area contributed by atoms with Crippen LogP contribution in [0.15, 0.2) is 12.1 Å². The molecule has 0 aliphatic heterocycles. The van der Waals surface area contributed by atoms with Crippen LogP contribution < -0.4 is 0 Å². The molecule has 0 radical (unpaired) electrons. The normalized spacial score (nSPS) is 12.5. The van der Waals surface area contributed by atoms with Crippen LogP contribution in [0.4, 0.5) is 0 Å². The Morgan fingerprint density at radius 3 is 1.46 bits per heavy atom. The first-order valence-corrected chi connectivity index (χ1v) is 14.8. The zero-order valence-electron chi connectivity index (χ0n) is 23.7. The van der Waals surface area contributed by atoms with E-state index in [1.165, 1.54) is 70.6 Å². The lowest BCUT2D eigenvalue weighted by Crippen LogP contribution is -2.17. The molecule has 0 saturated carbocycles. The molecule has 0 aliphatic rings. The van der Waals surface area contributed by atoms with Crippen LogP contribution in [-0.2, 0) is 24.1 Å². The molecule has 0 saturated heterocycles. The second kappa shape index (κ2) is 18.7. The lowest BCUT2D eigenvalue weighted by Gasteiger charge is -2.18. The summed E-state index contributed by atoms with van der Waals surface area (Å²) in [6.45, 7) is 10.9. The second-order valence-corrected chi connectivity index (χ2v) is 11.7. The Kier molecular flexibility index (Phi) is 16.9. The van der Waals surface area contributed by atoms with E-state index < -0.39 is 5.97 Å². The van der Waals surface area contributed by atoms with Gasteiger partial charge in [0.15, 0.2) is 0 Å². The third-order valence-electron chi connectivity index (χ3n) is 7.07. The van der Waals surface area contributed by atoms with Gasteiger partial charge in [0.05, 0.1) is 5.92 Å².